The summed E-state index contributed by atoms with van der Waals surface area (Å²) in [5.74, 6) is 1.71. The molecule has 0 amide bonds. The molecule has 0 aliphatic carbocycles. The van der Waals surface area contributed by atoms with Crippen molar-refractivity contribution in [2.24, 2.45) is 0 Å². The molecule has 6 aromatic rings. The number of hydrogen-bond acceptors (Lipinski definition) is 2. The Morgan fingerprint density at radius 3 is 1.60 bits per heavy atom. The summed E-state index contributed by atoms with van der Waals surface area (Å²) in [5, 5.41) is 2.39. The first-order chi connectivity index (χ1) is 20.8. The van der Waals surface area contributed by atoms with E-state index in [1.807, 2.05) is 18.2 Å². The Hall–Kier alpha value is -5.34. The van der Waals surface area contributed by atoms with Crippen LogP contribution in [0.3, 0.4) is 0 Å². The van der Waals surface area contributed by atoms with E-state index in [2.05, 4.69) is 152 Å². The fourth-order valence-electron chi connectivity index (χ4n) is 6.37. The van der Waals surface area contributed by atoms with E-state index in [9.17, 15) is 0 Å². The molecule has 0 saturated heterocycles. The molecule has 0 N–H and O–H groups in total. The smallest absolute Gasteiger partial charge is 0.178 e. The van der Waals surface area contributed by atoms with Gasteiger partial charge < -0.3 is 9.47 Å². The molecule has 0 fully saturated rings. The fourth-order valence-corrected chi connectivity index (χ4v) is 6.37. The van der Waals surface area contributed by atoms with Crippen molar-refractivity contribution in [2.45, 2.75) is 11.2 Å². The van der Waals surface area contributed by atoms with E-state index in [0.29, 0.717) is 0 Å². The Bertz CT molecular complexity index is 1930. The summed E-state index contributed by atoms with van der Waals surface area (Å²) in [6.07, 6.45) is 8.78. The molecule has 8 rings (SSSR count). The molecular formula is C40H28O2. The Kier molecular flexibility index (Phi) is 5.61. The lowest BCUT2D eigenvalue weighted by molar-refractivity contribution is 0.156. The molecule has 0 bridgehead atoms. The highest BCUT2D eigenvalue weighted by atomic mass is 16.5. The maximum atomic E-state index is 7.02. The zero-order valence-electron chi connectivity index (χ0n) is 23.0. The van der Waals surface area contributed by atoms with E-state index in [0.717, 1.165) is 44.9 Å². The molecule has 0 aromatic heterocycles. The summed E-state index contributed by atoms with van der Waals surface area (Å²) in [6.45, 7) is 0. The van der Waals surface area contributed by atoms with Crippen LogP contribution < -0.4 is 9.47 Å². The van der Waals surface area contributed by atoms with Crippen molar-refractivity contribution in [1.29, 1.82) is 0 Å². The van der Waals surface area contributed by atoms with Crippen molar-refractivity contribution in [2.75, 3.05) is 0 Å². The first-order valence-corrected chi connectivity index (χ1v) is 14.3. The highest BCUT2D eigenvalue weighted by molar-refractivity contribution is 5.94. The van der Waals surface area contributed by atoms with E-state index in [-0.39, 0.29) is 0 Å². The second-order valence-electron chi connectivity index (χ2n) is 10.9. The highest BCUT2D eigenvalue weighted by Crippen LogP contribution is 2.47. The molecule has 1 atom stereocenters. The number of rotatable bonds is 4. The van der Waals surface area contributed by atoms with Gasteiger partial charge in [-0.05, 0) is 47.2 Å². The van der Waals surface area contributed by atoms with Crippen LogP contribution in [0, 0.1) is 0 Å². The summed E-state index contributed by atoms with van der Waals surface area (Å²) < 4.78 is 14.0. The van der Waals surface area contributed by atoms with Gasteiger partial charge in [0.05, 0.1) is 0 Å². The summed E-state index contributed by atoms with van der Waals surface area (Å²) in [5.41, 5.74) is 4.92. The van der Waals surface area contributed by atoms with Gasteiger partial charge in [-0.15, -0.1) is 0 Å². The molecule has 2 nitrogen and oxygen atoms in total. The Balaban J connectivity index is 1.26. The number of ether oxygens (including phenoxy) is 2. The van der Waals surface area contributed by atoms with Gasteiger partial charge in [0.1, 0.15) is 11.5 Å². The lowest BCUT2D eigenvalue weighted by atomic mass is 9.81. The van der Waals surface area contributed by atoms with Gasteiger partial charge in [0.2, 0.25) is 0 Å². The van der Waals surface area contributed by atoms with Gasteiger partial charge in [-0.25, -0.2) is 0 Å². The van der Waals surface area contributed by atoms with Crippen LogP contribution in [0.15, 0.2) is 158 Å². The van der Waals surface area contributed by atoms with Crippen LogP contribution in [0.1, 0.15) is 33.4 Å². The molecule has 0 radical (unpaired) electrons. The van der Waals surface area contributed by atoms with E-state index in [1.54, 1.807) is 0 Å². The average molecular weight is 541 g/mol. The first-order valence-electron chi connectivity index (χ1n) is 14.3. The normalized spacial score (nSPS) is 18.0. The molecule has 42 heavy (non-hydrogen) atoms. The van der Waals surface area contributed by atoms with Gasteiger partial charge in [-0.2, -0.15) is 0 Å². The second kappa shape index (κ2) is 9.64. The van der Waals surface area contributed by atoms with Crippen LogP contribution in [0.2, 0.25) is 0 Å². The van der Waals surface area contributed by atoms with Crippen molar-refractivity contribution in [3.63, 3.8) is 0 Å². The van der Waals surface area contributed by atoms with Crippen molar-refractivity contribution < 1.29 is 9.47 Å². The summed E-state index contributed by atoms with van der Waals surface area (Å²) >= 11 is 0. The minimum atomic E-state index is -0.785. The van der Waals surface area contributed by atoms with Gasteiger partial charge in [0, 0.05) is 33.4 Å². The lowest BCUT2D eigenvalue weighted by Crippen LogP contribution is -2.36. The highest BCUT2D eigenvalue weighted by Gasteiger charge is 2.40. The summed E-state index contributed by atoms with van der Waals surface area (Å²) in [7, 11) is 0. The lowest BCUT2D eigenvalue weighted by Gasteiger charge is -2.38. The SMILES string of the molecule is C1=CC(c2ccccc2)(c2ccccc2)Oc2ccc([C@]3(c4ccccc4)C=Cc4c(ccc5ccccc45)O3)cc21. The molecule has 2 aliphatic rings. The predicted molar refractivity (Wildman–Crippen MR) is 171 cm³/mol. The zero-order chi connectivity index (χ0) is 28.0. The molecule has 0 saturated carbocycles. The van der Waals surface area contributed by atoms with Gasteiger partial charge in [0.25, 0.3) is 0 Å². The van der Waals surface area contributed by atoms with Crippen molar-refractivity contribution in [3.8, 4) is 11.5 Å². The number of fused-ring (bicyclic) bond motifs is 4. The largest absolute Gasteiger partial charge is 0.473 e. The fraction of sp³-hybridized carbons (Fsp3) is 0.0500. The molecule has 200 valence electrons. The zero-order valence-corrected chi connectivity index (χ0v) is 23.0. The van der Waals surface area contributed by atoms with Gasteiger partial charge in [-0.3, -0.25) is 0 Å². The van der Waals surface area contributed by atoms with E-state index < -0.39 is 11.2 Å². The van der Waals surface area contributed by atoms with Crippen LogP contribution in [-0.2, 0) is 11.2 Å². The van der Waals surface area contributed by atoms with E-state index >= 15 is 0 Å². The molecule has 2 heterocycles. The van der Waals surface area contributed by atoms with Gasteiger partial charge in [-0.1, -0.05) is 133 Å². The molecule has 2 aliphatic heterocycles. The molecule has 2 heteroatoms. The van der Waals surface area contributed by atoms with Crippen LogP contribution in [0.25, 0.3) is 22.9 Å². The minimum Gasteiger partial charge on any atom is -0.473 e. The molecular weight excluding hydrogens is 512 g/mol. The molecule has 0 unspecified atom stereocenters. The number of hydrogen-bond donors (Lipinski definition) is 0. The second-order valence-corrected chi connectivity index (χ2v) is 10.9. The quantitative estimate of drug-likeness (QED) is 0.222. The molecule has 0 spiro atoms. The Morgan fingerprint density at radius 2 is 0.929 bits per heavy atom. The predicted octanol–water partition coefficient (Wildman–Crippen LogP) is 9.54. The Labute approximate surface area is 245 Å². The van der Waals surface area contributed by atoms with Crippen molar-refractivity contribution in [3.05, 3.63) is 191 Å². The average Bonchev–Trinajstić information content (AvgIpc) is 3.08. The minimum absolute atomic E-state index is 0.713. The monoisotopic (exact) mass is 540 g/mol. The van der Waals surface area contributed by atoms with E-state index in [1.165, 1.54) is 10.8 Å². The third-order valence-electron chi connectivity index (χ3n) is 8.50. The first kappa shape index (κ1) is 24.5. The van der Waals surface area contributed by atoms with Crippen molar-refractivity contribution >= 4 is 22.9 Å². The van der Waals surface area contributed by atoms with Crippen LogP contribution in [0.5, 0.6) is 11.5 Å². The van der Waals surface area contributed by atoms with Crippen LogP contribution >= 0.6 is 0 Å². The topological polar surface area (TPSA) is 18.5 Å². The maximum Gasteiger partial charge on any atom is 0.178 e. The molecule has 6 aromatic carbocycles. The van der Waals surface area contributed by atoms with Gasteiger partial charge in [0.15, 0.2) is 11.2 Å². The maximum absolute atomic E-state index is 7.02. The Morgan fingerprint density at radius 1 is 0.405 bits per heavy atom. The third-order valence-corrected chi connectivity index (χ3v) is 8.50. The van der Waals surface area contributed by atoms with Crippen molar-refractivity contribution in [1.82, 2.24) is 0 Å². The van der Waals surface area contributed by atoms with Crippen LogP contribution in [0.4, 0.5) is 0 Å². The standard InChI is InChI=1S/C40H28O2/c1-4-13-31(14-5-1)39(32-15-6-2-7-16-32)26-24-30-28-34(21-23-37(30)41-39)40(33-17-8-3-9-18-33)27-25-36-35-19-11-10-12-29(35)20-22-38(36)42-40/h1-28H/t40-/m1/s1. The third kappa shape index (κ3) is 3.80. The summed E-state index contributed by atoms with van der Waals surface area (Å²) in [4.78, 5) is 0. The van der Waals surface area contributed by atoms with Gasteiger partial charge >= 0.3 is 0 Å². The van der Waals surface area contributed by atoms with E-state index in [4.69, 9.17) is 9.47 Å². The number of benzene rings is 6. The summed E-state index contributed by atoms with van der Waals surface area (Å²) in [6, 6.07) is 50.4. The van der Waals surface area contributed by atoms with Crippen LogP contribution in [-0.4, -0.2) is 0 Å².